The number of rotatable bonds is 5. The molecule has 0 radical (unpaired) electrons. The lowest BCUT2D eigenvalue weighted by molar-refractivity contribution is 0.259. The molecule has 0 bridgehead atoms. The molecule has 7 heteroatoms. The van der Waals surface area contributed by atoms with Gasteiger partial charge in [0.25, 0.3) is 0 Å². The summed E-state index contributed by atoms with van der Waals surface area (Å²) in [7, 11) is 1.86. The Bertz CT molecular complexity index is 642. The van der Waals surface area contributed by atoms with E-state index in [-0.39, 0.29) is 24.0 Å². The highest BCUT2D eigenvalue weighted by molar-refractivity contribution is 14.0. The highest BCUT2D eigenvalue weighted by Crippen LogP contribution is 2.22. The van der Waals surface area contributed by atoms with Crippen molar-refractivity contribution in [2.24, 2.45) is 4.99 Å². The standard InChI is InChI=1S/C19H26Cl2N4.HI/c1-22-19(25-12-8-17(14-25)24-10-2-3-11-24)23-9-4-5-15-6-7-16(20)13-18(15)21;/h2-3,6-7,13,17H,4-5,8-12,14H2,1H3,(H,22,23);1H. The number of nitrogens with one attached hydrogen (secondary N) is 1. The second kappa shape index (κ2) is 10.7. The summed E-state index contributed by atoms with van der Waals surface area (Å²) in [4.78, 5) is 9.37. The first-order chi connectivity index (χ1) is 12.2. The minimum absolute atomic E-state index is 0. The Morgan fingerprint density at radius 3 is 2.73 bits per heavy atom. The first kappa shape index (κ1) is 21.8. The van der Waals surface area contributed by atoms with Gasteiger partial charge in [-0.15, -0.1) is 24.0 Å². The van der Waals surface area contributed by atoms with Gasteiger partial charge in [0.1, 0.15) is 0 Å². The Balaban J connectivity index is 0.00000243. The van der Waals surface area contributed by atoms with E-state index in [4.69, 9.17) is 23.2 Å². The lowest BCUT2D eigenvalue weighted by Crippen LogP contribution is -2.43. The van der Waals surface area contributed by atoms with E-state index in [2.05, 4.69) is 32.3 Å². The van der Waals surface area contributed by atoms with Crippen LogP contribution in [0.5, 0.6) is 0 Å². The second-order valence-electron chi connectivity index (χ2n) is 6.63. The number of guanidine groups is 1. The van der Waals surface area contributed by atoms with Gasteiger partial charge in [-0.2, -0.15) is 0 Å². The van der Waals surface area contributed by atoms with E-state index >= 15 is 0 Å². The summed E-state index contributed by atoms with van der Waals surface area (Å²) in [6.45, 7) is 5.20. The molecule has 0 spiro atoms. The van der Waals surface area contributed by atoms with Gasteiger partial charge in [0.05, 0.1) is 0 Å². The molecule has 26 heavy (non-hydrogen) atoms. The van der Waals surface area contributed by atoms with Crippen LogP contribution in [0.15, 0.2) is 35.3 Å². The quantitative estimate of drug-likeness (QED) is 0.214. The summed E-state index contributed by atoms with van der Waals surface area (Å²) >= 11 is 12.2. The molecule has 0 aromatic heterocycles. The van der Waals surface area contributed by atoms with Crippen molar-refractivity contribution in [1.82, 2.24) is 15.1 Å². The Kier molecular flexibility index (Phi) is 9.00. The summed E-state index contributed by atoms with van der Waals surface area (Å²) in [5, 5.41) is 4.93. The van der Waals surface area contributed by atoms with Crippen molar-refractivity contribution in [1.29, 1.82) is 0 Å². The maximum atomic E-state index is 6.23. The third kappa shape index (κ3) is 5.75. The average molecular weight is 509 g/mol. The Labute approximate surface area is 183 Å². The van der Waals surface area contributed by atoms with E-state index < -0.39 is 0 Å². The highest BCUT2D eigenvalue weighted by atomic mass is 127. The molecule has 1 atom stereocenters. The second-order valence-corrected chi connectivity index (χ2v) is 7.47. The molecule has 0 amide bonds. The Morgan fingerprint density at radius 1 is 1.27 bits per heavy atom. The molecular weight excluding hydrogens is 482 g/mol. The molecule has 4 nitrogen and oxygen atoms in total. The molecule has 3 rings (SSSR count). The highest BCUT2D eigenvalue weighted by Gasteiger charge is 2.29. The van der Waals surface area contributed by atoms with Crippen molar-refractivity contribution >= 4 is 53.1 Å². The average Bonchev–Trinajstić information content (AvgIpc) is 3.27. The zero-order valence-corrected chi connectivity index (χ0v) is 19.0. The summed E-state index contributed by atoms with van der Waals surface area (Å²) in [5.41, 5.74) is 1.14. The molecule has 1 N–H and O–H groups in total. The van der Waals surface area contributed by atoms with Gasteiger partial charge in [-0.25, -0.2) is 0 Å². The van der Waals surface area contributed by atoms with Crippen LogP contribution in [0.2, 0.25) is 10.0 Å². The number of hydrogen-bond donors (Lipinski definition) is 1. The van der Waals surface area contributed by atoms with E-state index in [1.807, 2.05) is 25.2 Å². The van der Waals surface area contributed by atoms with E-state index in [0.717, 1.165) is 62.1 Å². The fourth-order valence-electron chi connectivity index (χ4n) is 3.56. The zero-order chi connectivity index (χ0) is 17.6. The topological polar surface area (TPSA) is 30.9 Å². The molecule has 1 aromatic carbocycles. The maximum Gasteiger partial charge on any atom is 0.193 e. The number of hydrogen-bond acceptors (Lipinski definition) is 2. The molecule has 144 valence electrons. The largest absolute Gasteiger partial charge is 0.356 e. The number of nitrogens with zero attached hydrogens (tertiary/aromatic N) is 3. The third-order valence-corrected chi connectivity index (χ3v) is 5.55. The van der Waals surface area contributed by atoms with Gasteiger partial charge in [-0.05, 0) is 37.0 Å². The van der Waals surface area contributed by atoms with Gasteiger partial charge in [-0.1, -0.05) is 41.4 Å². The van der Waals surface area contributed by atoms with Crippen LogP contribution in [0.4, 0.5) is 0 Å². The van der Waals surface area contributed by atoms with Crippen molar-refractivity contribution in [2.45, 2.75) is 25.3 Å². The number of benzene rings is 1. The van der Waals surface area contributed by atoms with Crippen molar-refractivity contribution in [3.05, 3.63) is 46.0 Å². The van der Waals surface area contributed by atoms with Gasteiger partial charge in [0.15, 0.2) is 5.96 Å². The van der Waals surface area contributed by atoms with Crippen LogP contribution in [0.1, 0.15) is 18.4 Å². The van der Waals surface area contributed by atoms with Gasteiger partial charge < -0.3 is 10.2 Å². The smallest absolute Gasteiger partial charge is 0.193 e. The SMILES string of the molecule is CN=C(NCCCc1ccc(Cl)cc1Cl)N1CCC(N2CC=CC2)C1.I. The van der Waals surface area contributed by atoms with Crippen molar-refractivity contribution in [3.8, 4) is 0 Å². The summed E-state index contributed by atoms with van der Waals surface area (Å²) in [6, 6.07) is 6.35. The van der Waals surface area contributed by atoms with Gasteiger partial charge in [-0.3, -0.25) is 9.89 Å². The summed E-state index contributed by atoms with van der Waals surface area (Å²) in [6.07, 6.45) is 7.67. The van der Waals surface area contributed by atoms with Crippen molar-refractivity contribution < 1.29 is 0 Å². The predicted octanol–water partition coefficient (Wildman–Crippen LogP) is 4.07. The van der Waals surface area contributed by atoms with E-state index in [9.17, 15) is 0 Å². The van der Waals surface area contributed by atoms with Crippen LogP contribution in [0.25, 0.3) is 0 Å². The van der Waals surface area contributed by atoms with Crippen LogP contribution in [0.3, 0.4) is 0 Å². The van der Waals surface area contributed by atoms with E-state index in [1.165, 1.54) is 6.42 Å². The molecule has 1 unspecified atom stereocenters. The maximum absolute atomic E-state index is 6.23. The van der Waals surface area contributed by atoms with Crippen LogP contribution in [-0.4, -0.2) is 61.6 Å². The van der Waals surface area contributed by atoms with Crippen LogP contribution >= 0.6 is 47.2 Å². The molecule has 0 saturated carbocycles. The monoisotopic (exact) mass is 508 g/mol. The van der Waals surface area contributed by atoms with Gasteiger partial charge in [0, 0.05) is 55.9 Å². The van der Waals surface area contributed by atoms with E-state index in [0.29, 0.717) is 11.1 Å². The normalized spacial score (nSPS) is 20.5. The molecular formula is C19H27Cl2IN4. The number of aryl methyl sites for hydroxylation is 1. The van der Waals surface area contributed by atoms with Crippen LogP contribution in [0, 0.1) is 0 Å². The Morgan fingerprint density at radius 2 is 2.04 bits per heavy atom. The van der Waals surface area contributed by atoms with E-state index in [1.54, 1.807) is 0 Å². The molecule has 1 saturated heterocycles. The molecule has 2 aliphatic rings. The molecule has 2 heterocycles. The summed E-state index contributed by atoms with van der Waals surface area (Å²) in [5.74, 6) is 1.01. The lowest BCUT2D eigenvalue weighted by atomic mass is 10.1. The fraction of sp³-hybridized carbons (Fsp3) is 0.526. The van der Waals surface area contributed by atoms with Crippen molar-refractivity contribution in [3.63, 3.8) is 0 Å². The number of halogens is 3. The summed E-state index contributed by atoms with van der Waals surface area (Å²) < 4.78 is 0. The molecule has 2 aliphatic heterocycles. The minimum atomic E-state index is 0. The first-order valence-electron chi connectivity index (χ1n) is 8.96. The fourth-order valence-corrected chi connectivity index (χ4v) is 4.06. The molecule has 1 fully saturated rings. The predicted molar refractivity (Wildman–Crippen MR) is 122 cm³/mol. The van der Waals surface area contributed by atoms with Gasteiger partial charge in [0.2, 0.25) is 0 Å². The van der Waals surface area contributed by atoms with Gasteiger partial charge >= 0.3 is 0 Å². The lowest BCUT2D eigenvalue weighted by Gasteiger charge is -2.25. The third-order valence-electron chi connectivity index (χ3n) is 4.96. The number of aliphatic imine (C=N–C) groups is 1. The molecule has 0 aliphatic carbocycles. The minimum Gasteiger partial charge on any atom is -0.356 e. The zero-order valence-electron chi connectivity index (χ0n) is 15.1. The number of likely N-dealkylation sites (tertiary alicyclic amines) is 1. The van der Waals surface area contributed by atoms with Crippen LogP contribution in [-0.2, 0) is 6.42 Å². The van der Waals surface area contributed by atoms with Crippen molar-refractivity contribution in [2.75, 3.05) is 39.8 Å². The first-order valence-corrected chi connectivity index (χ1v) is 9.71. The Hall–Kier alpha value is -0.500. The van der Waals surface area contributed by atoms with Crippen LogP contribution < -0.4 is 5.32 Å². The molecule has 1 aromatic rings.